The smallest absolute Gasteiger partial charge is 0.289 e. The van der Waals surface area contributed by atoms with E-state index in [0.717, 1.165) is 23.9 Å². The average Bonchev–Trinajstić information content (AvgIpc) is 3.36. The Morgan fingerprint density at radius 1 is 1.07 bits per heavy atom. The number of H-pyrrole nitrogens is 1. The van der Waals surface area contributed by atoms with Gasteiger partial charge in [0.05, 0.1) is 11.1 Å². The summed E-state index contributed by atoms with van der Waals surface area (Å²) in [6.45, 7) is 4.31. The highest BCUT2D eigenvalue weighted by atomic mass is 79.9. The molecule has 0 bridgehead atoms. The topological polar surface area (TPSA) is 69.6 Å². The van der Waals surface area contributed by atoms with Crippen molar-refractivity contribution in [1.29, 1.82) is 0 Å². The first-order chi connectivity index (χ1) is 14.5. The van der Waals surface area contributed by atoms with Gasteiger partial charge >= 0.3 is 0 Å². The maximum Gasteiger partial charge on any atom is 0.289 e. The molecule has 1 fully saturated rings. The van der Waals surface area contributed by atoms with Gasteiger partial charge < -0.3 is 19.2 Å². The molecule has 2 amide bonds. The monoisotopic (exact) mass is 469 g/mol. The molecule has 6 nitrogen and oxygen atoms in total. The number of nitrogens with zero attached hydrogens (tertiary/aromatic N) is 2. The number of aromatic amines is 1. The fourth-order valence-corrected chi connectivity index (χ4v) is 4.97. The van der Waals surface area contributed by atoms with Crippen LogP contribution >= 0.6 is 15.9 Å². The van der Waals surface area contributed by atoms with Gasteiger partial charge in [-0.1, -0.05) is 19.1 Å². The molecule has 156 valence electrons. The van der Waals surface area contributed by atoms with Crippen LogP contribution in [0.1, 0.15) is 45.5 Å². The summed E-state index contributed by atoms with van der Waals surface area (Å²) in [6.07, 6.45) is 3.30. The summed E-state index contributed by atoms with van der Waals surface area (Å²) in [7, 11) is 0. The van der Waals surface area contributed by atoms with Crippen molar-refractivity contribution in [3.8, 4) is 0 Å². The molecule has 0 radical (unpaired) electrons. The van der Waals surface area contributed by atoms with Gasteiger partial charge in [0.25, 0.3) is 11.8 Å². The van der Waals surface area contributed by atoms with E-state index in [-0.39, 0.29) is 11.8 Å². The Labute approximate surface area is 183 Å². The quantitative estimate of drug-likeness (QED) is 0.609. The van der Waals surface area contributed by atoms with Crippen LogP contribution in [-0.2, 0) is 12.8 Å². The maximum atomic E-state index is 13.3. The molecule has 0 unspecified atom stereocenters. The number of nitrogens with one attached hydrogen (secondary N) is 1. The van der Waals surface area contributed by atoms with Crippen molar-refractivity contribution in [1.82, 2.24) is 14.8 Å². The Bertz CT molecular complexity index is 1120. The van der Waals surface area contributed by atoms with E-state index in [1.165, 1.54) is 23.1 Å². The molecule has 1 saturated heterocycles. The van der Waals surface area contributed by atoms with E-state index in [4.69, 9.17) is 4.42 Å². The molecule has 0 saturated carbocycles. The zero-order valence-corrected chi connectivity index (χ0v) is 18.5. The SMILES string of the molecule is C[C@H]1CCc2[nH]c3c(C(=O)N4CCN(C(=O)c5ccc(Br)o5)CC4)cccc3c2C1. The second-order valence-electron chi connectivity index (χ2n) is 8.35. The molecule has 2 aliphatic rings. The van der Waals surface area contributed by atoms with Gasteiger partial charge in [0.15, 0.2) is 10.4 Å². The molecule has 1 atom stereocenters. The highest BCUT2D eigenvalue weighted by Crippen LogP contribution is 2.33. The molecule has 3 heterocycles. The Hall–Kier alpha value is -2.54. The van der Waals surface area contributed by atoms with Crippen molar-refractivity contribution in [2.24, 2.45) is 5.92 Å². The number of rotatable bonds is 2. The van der Waals surface area contributed by atoms with Crippen LogP contribution in [0.3, 0.4) is 0 Å². The van der Waals surface area contributed by atoms with Crippen LogP contribution < -0.4 is 0 Å². The number of hydrogen-bond acceptors (Lipinski definition) is 3. The Morgan fingerprint density at radius 3 is 2.50 bits per heavy atom. The van der Waals surface area contributed by atoms with Gasteiger partial charge in [-0.3, -0.25) is 9.59 Å². The summed E-state index contributed by atoms with van der Waals surface area (Å²) >= 11 is 3.23. The largest absolute Gasteiger partial charge is 0.444 e. The van der Waals surface area contributed by atoms with Crippen molar-refractivity contribution in [3.05, 3.63) is 57.6 Å². The number of carbonyl (C=O) groups is 2. The lowest BCUT2D eigenvalue weighted by Gasteiger charge is -2.34. The van der Waals surface area contributed by atoms with Gasteiger partial charge in [-0.15, -0.1) is 0 Å². The number of fused-ring (bicyclic) bond motifs is 3. The van der Waals surface area contributed by atoms with Crippen LogP contribution in [0.4, 0.5) is 0 Å². The molecule has 30 heavy (non-hydrogen) atoms. The van der Waals surface area contributed by atoms with Crippen molar-refractivity contribution < 1.29 is 14.0 Å². The predicted octanol–water partition coefficient (Wildman–Crippen LogP) is 4.25. The molecule has 2 aromatic heterocycles. The molecular formula is C23H24BrN3O3. The summed E-state index contributed by atoms with van der Waals surface area (Å²) in [5.74, 6) is 0.884. The lowest BCUT2D eigenvalue weighted by molar-refractivity contribution is 0.0518. The standard InChI is InChI=1S/C23H24BrN3O3/c1-14-5-6-18-17(13-14)15-3-2-4-16(21(15)25-18)22(28)26-9-11-27(12-10-26)23(29)19-7-8-20(24)30-19/h2-4,7-8,14,25H,5-6,9-13H2,1H3/t14-/m0/s1. The molecular weight excluding hydrogens is 446 g/mol. The highest BCUT2D eigenvalue weighted by Gasteiger charge is 2.29. The number of furan rings is 1. The number of para-hydroxylation sites is 1. The Morgan fingerprint density at radius 2 is 1.80 bits per heavy atom. The Kier molecular flexibility index (Phi) is 4.93. The third-order valence-corrected chi connectivity index (χ3v) is 6.76. The minimum Gasteiger partial charge on any atom is -0.444 e. The Balaban J connectivity index is 1.34. The number of piperazine rings is 1. The number of hydrogen-bond donors (Lipinski definition) is 1. The van der Waals surface area contributed by atoms with Crippen molar-refractivity contribution in [2.75, 3.05) is 26.2 Å². The van der Waals surface area contributed by atoms with Crippen LogP contribution in [0.25, 0.3) is 10.9 Å². The van der Waals surface area contributed by atoms with E-state index in [1.54, 1.807) is 17.0 Å². The molecule has 1 aliphatic heterocycles. The van der Waals surface area contributed by atoms with Crippen LogP contribution in [0.2, 0.25) is 0 Å². The molecule has 0 spiro atoms. The summed E-state index contributed by atoms with van der Waals surface area (Å²) in [4.78, 5) is 33.0. The number of carbonyl (C=O) groups excluding carboxylic acids is 2. The minimum atomic E-state index is -0.138. The molecule has 3 aromatic rings. The van der Waals surface area contributed by atoms with Gasteiger partial charge in [-0.25, -0.2) is 0 Å². The number of halogens is 1. The normalized spacial score (nSPS) is 19.2. The predicted molar refractivity (Wildman–Crippen MR) is 118 cm³/mol. The van der Waals surface area contributed by atoms with Crippen molar-refractivity contribution >= 4 is 38.6 Å². The molecule has 5 rings (SSSR count). The van der Waals surface area contributed by atoms with Gasteiger partial charge in [0.1, 0.15) is 0 Å². The zero-order chi connectivity index (χ0) is 20.8. The van der Waals surface area contributed by atoms with E-state index in [0.29, 0.717) is 42.5 Å². The third kappa shape index (κ3) is 3.35. The second kappa shape index (κ2) is 7.61. The molecule has 1 aliphatic carbocycles. The third-order valence-electron chi connectivity index (χ3n) is 6.34. The van der Waals surface area contributed by atoms with Gasteiger partial charge in [0.2, 0.25) is 0 Å². The van der Waals surface area contributed by atoms with E-state index in [9.17, 15) is 9.59 Å². The van der Waals surface area contributed by atoms with Crippen LogP contribution in [0.5, 0.6) is 0 Å². The van der Waals surface area contributed by atoms with Crippen LogP contribution in [0, 0.1) is 5.92 Å². The molecule has 1 aromatic carbocycles. The first-order valence-corrected chi connectivity index (χ1v) is 11.3. The van der Waals surface area contributed by atoms with Gasteiger partial charge in [0, 0.05) is 37.3 Å². The summed E-state index contributed by atoms with van der Waals surface area (Å²) in [6, 6.07) is 9.39. The lowest BCUT2D eigenvalue weighted by atomic mass is 9.87. The van der Waals surface area contributed by atoms with Crippen molar-refractivity contribution in [2.45, 2.75) is 26.2 Å². The lowest BCUT2D eigenvalue weighted by Crippen LogP contribution is -2.50. The van der Waals surface area contributed by atoms with E-state index < -0.39 is 0 Å². The number of aromatic nitrogens is 1. The van der Waals surface area contributed by atoms with Crippen LogP contribution in [-0.4, -0.2) is 52.8 Å². The zero-order valence-electron chi connectivity index (χ0n) is 16.9. The second-order valence-corrected chi connectivity index (χ2v) is 9.13. The summed E-state index contributed by atoms with van der Waals surface area (Å²) in [5.41, 5.74) is 4.34. The maximum absolute atomic E-state index is 13.3. The van der Waals surface area contributed by atoms with E-state index in [1.807, 2.05) is 17.0 Å². The van der Waals surface area contributed by atoms with E-state index >= 15 is 0 Å². The average molecular weight is 470 g/mol. The minimum absolute atomic E-state index is 0.0279. The first kappa shape index (κ1) is 19.4. The number of aryl methyl sites for hydroxylation is 1. The summed E-state index contributed by atoms with van der Waals surface area (Å²) < 4.78 is 5.92. The fraction of sp³-hybridized carbons (Fsp3) is 0.391. The summed E-state index contributed by atoms with van der Waals surface area (Å²) in [5, 5.41) is 1.18. The molecule has 1 N–H and O–H groups in total. The van der Waals surface area contributed by atoms with Crippen LogP contribution in [0.15, 0.2) is 39.4 Å². The number of amides is 2. The van der Waals surface area contributed by atoms with Gasteiger partial charge in [-0.2, -0.15) is 0 Å². The van der Waals surface area contributed by atoms with Crippen molar-refractivity contribution in [3.63, 3.8) is 0 Å². The van der Waals surface area contributed by atoms with E-state index in [2.05, 4.69) is 33.9 Å². The fourth-order valence-electron chi connectivity index (χ4n) is 4.66. The van der Waals surface area contributed by atoms with Gasteiger partial charge in [-0.05, 0) is 64.9 Å². The molecule has 7 heteroatoms. The highest BCUT2D eigenvalue weighted by molar-refractivity contribution is 9.10. The first-order valence-electron chi connectivity index (χ1n) is 10.5. The number of benzene rings is 1.